The van der Waals surface area contributed by atoms with Gasteiger partial charge in [-0.15, -0.1) is 0 Å². The molecule has 0 radical (unpaired) electrons. The van der Waals surface area contributed by atoms with E-state index in [0.717, 1.165) is 11.1 Å². The van der Waals surface area contributed by atoms with Crippen molar-refractivity contribution in [3.63, 3.8) is 0 Å². The van der Waals surface area contributed by atoms with Gasteiger partial charge in [0, 0.05) is 27.5 Å². The molecule has 6 nitrogen and oxygen atoms in total. The molecule has 0 aliphatic rings. The van der Waals surface area contributed by atoms with Crippen molar-refractivity contribution in [2.75, 3.05) is 27.5 Å². The fourth-order valence-corrected chi connectivity index (χ4v) is 2.50. The normalized spacial score (nSPS) is 11.5. The van der Waals surface area contributed by atoms with E-state index in [-0.39, 0.29) is 13.2 Å². The zero-order valence-corrected chi connectivity index (χ0v) is 17.3. The molecule has 2 aromatic rings. The SMILES string of the molecule is COP(=O)(OCc1ccccc1)OCc1ccccc1.COP(C)(C)=O. The third kappa shape index (κ3) is 10.0. The molecule has 0 aliphatic heterocycles. The number of hydrogen-bond donors (Lipinski definition) is 0. The first-order chi connectivity index (χ1) is 12.3. The Bertz CT molecular complexity index is 667. The Morgan fingerprint density at radius 2 is 1.04 bits per heavy atom. The van der Waals surface area contributed by atoms with Gasteiger partial charge in [0.1, 0.15) is 0 Å². The Labute approximate surface area is 155 Å². The minimum Gasteiger partial charge on any atom is -0.332 e. The molecule has 0 aromatic heterocycles. The molecule has 0 saturated carbocycles. The summed E-state index contributed by atoms with van der Waals surface area (Å²) in [6.45, 7) is 3.52. The summed E-state index contributed by atoms with van der Waals surface area (Å²) in [6.07, 6.45) is 0. The van der Waals surface area contributed by atoms with E-state index in [2.05, 4.69) is 4.52 Å². The van der Waals surface area contributed by atoms with Crippen LogP contribution in [0.15, 0.2) is 60.7 Å². The molecule has 0 atom stereocenters. The average Bonchev–Trinajstić information content (AvgIpc) is 2.66. The molecule has 0 heterocycles. The number of phosphoric ester groups is 1. The maximum absolute atomic E-state index is 12.3. The third-order valence-corrected chi connectivity index (χ3v) is 5.34. The quantitative estimate of drug-likeness (QED) is 0.557. The zero-order valence-electron chi connectivity index (χ0n) is 15.5. The second kappa shape index (κ2) is 11.5. The van der Waals surface area contributed by atoms with Crippen molar-refractivity contribution >= 4 is 15.2 Å². The molecule has 2 aromatic carbocycles. The van der Waals surface area contributed by atoms with Gasteiger partial charge in [0.2, 0.25) is 0 Å². The van der Waals surface area contributed by atoms with Crippen LogP contribution in [0.3, 0.4) is 0 Å². The lowest BCUT2D eigenvalue weighted by molar-refractivity contribution is 0.120. The summed E-state index contributed by atoms with van der Waals surface area (Å²) in [6, 6.07) is 18.9. The van der Waals surface area contributed by atoms with Crippen LogP contribution in [-0.4, -0.2) is 27.5 Å². The molecule has 0 aliphatic carbocycles. The van der Waals surface area contributed by atoms with Crippen molar-refractivity contribution < 1.29 is 27.2 Å². The second-order valence-electron chi connectivity index (χ2n) is 5.58. The lowest BCUT2D eigenvalue weighted by Crippen LogP contribution is -1.99. The van der Waals surface area contributed by atoms with Crippen molar-refractivity contribution in [2.24, 2.45) is 0 Å². The summed E-state index contributed by atoms with van der Waals surface area (Å²) >= 11 is 0. The van der Waals surface area contributed by atoms with Crippen LogP contribution in [0, 0.1) is 0 Å². The number of phosphoric acid groups is 1. The molecule has 0 saturated heterocycles. The molecule has 0 N–H and O–H groups in total. The van der Waals surface area contributed by atoms with Gasteiger partial charge >= 0.3 is 7.82 Å². The van der Waals surface area contributed by atoms with Crippen molar-refractivity contribution in [3.8, 4) is 0 Å². The van der Waals surface area contributed by atoms with Gasteiger partial charge in [0.25, 0.3) is 0 Å². The van der Waals surface area contributed by atoms with Gasteiger partial charge in [0.05, 0.1) is 13.2 Å². The first-order valence-corrected chi connectivity index (χ1v) is 11.9. The molecule has 0 bridgehead atoms. The Kier molecular flexibility index (Phi) is 10.0. The first-order valence-electron chi connectivity index (χ1n) is 7.91. The van der Waals surface area contributed by atoms with Crippen LogP contribution in [0.1, 0.15) is 11.1 Å². The van der Waals surface area contributed by atoms with E-state index in [9.17, 15) is 9.13 Å². The van der Waals surface area contributed by atoms with Crippen molar-refractivity contribution in [2.45, 2.75) is 13.2 Å². The molecular formula is C18H26O6P2. The molecule has 144 valence electrons. The molecular weight excluding hydrogens is 374 g/mol. The summed E-state index contributed by atoms with van der Waals surface area (Å²) in [5.41, 5.74) is 1.82. The molecule has 0 unspecified atom stereocenters. The van der Waals surface area contributed by atoms with E-state index in [1.807, 2.05) is 60.7 Å². The standard InChI is InChI=1S/C15H17O4P.C3H9O2P/c1-17-20(16,18-12-14-8-4-2-5-9-14)19-13-15-10-6-3-7-11-15;1-5-6(2,3)4/h2-11H,12-13H2,1H3;1-3H3. The maximum atomic E-state index is 12.3. The highest BCUT2D eigenvalue weighted by Crippen LogP contribution is 2.50. The van der Waals surface area contributed by atoms with Gasteiger partial charge in [-0.1, -0.05) is 60.7 Å². The van der Waals surface area contributed by atoms with Gasteiger partial charge in [-0.2, -0.15) is 0 Å². The Morgan fingerprint density at radius 3 is 1.31 bits per heavy atom. The van der Waals surface area contributed by atoms with Crippen molar-refractivity contribution in [1.82, 2.24) is 0 Å². The number of rotatable bonds is 8. The summed E-state index contributed by atoms with van der Waals surface area (Å²) in [5, 5.41) is 0. The summed E-state index contributed by atoms with van der Waals surface area (Å²) in [5.74, 6) is 0. The fourth-order valence-electron chi connectivity index (χ4n) is 1.60. The lowest BCUT2D eigenvalue weighted by Gasteiger charge is -2.16. The van der Waals surface area contributed by atoms with Gasteiger partial charge in [-0.25, -0.2) is 4.57 Å². The first kappa shape index (κ1) is 22.8. The van der Waals surface area contributed by atoms with Gasteiger partial charge in [0.15, 0.2) is 7.37 Å². The monoisotopic (exact) mass is 400 g/mol. The minimum absolute atomic E-state index is 0.181. The van der Waals surface area contributed by atoms with E-state index in [0.29, 0.717) is 0 Å². The van der Waals surface area contributed by atoms with Crippen LogP contribution < -0.4 is 0 Å². The van der Waals surface area contributed by atoms with Crippen LogP contribution in [0.4, 0.5) is 0 Å². The highest BCUT2D eigenvalue weighted by Gasteiger charge is 2.24. The Hall–Kier alpha value is -1.26. The van der Waals surface area contributed by atoms with E-state index in [1.165, 1.54) is 14.2 Å². The molecule has 0 spiro atoms. The third-order valence-electron chi connectivity index (χ3n) is 3.13. The summed E-state index contributed by atoms with van der Waals surface area (Å²) in [7, 11) is -2.92. The van der Waals surface area contributed by atoms with Crippen LogP contribution in [-0.2, 0) is 40.4 Å². The van der Waals surface area contributed by atoms with E-state index in [4.69, 9.17) is 13.6 Å². The summed E-state index contributed by atoms with van der Waals surface area (Å²) in [4.78, 5) is 0. The predicted octanol–water partition coefficient (Wildman–Crippen LogP) is 5.35. The van der Waals surface area contributed by atoms with Gasteiger partial charge < -0.3 is 4.52 Å². The predicted molar refractivity (Wildman–Crippen MR) is 104 cm³/mol. The van der Waals surface area contributed by atoms with Gasteiger partial charge in [-0.3, -0.25) is 18.1 Å². The Balaban J connectivity index is 0.000000487. The minimum atomic E-state index is -3.53. The van der Waals surface area contributed by atoms with Crippen LogP contribution in [0.5, 0.6) is 0 Å². The highest BCUT2D eigenvalue weighted by molar-refractivity contribution is 7.57. The molecule has 8 heteroatoms. The number of hydrogen-bond acceptors (Lipinski definition) is 6. The number of benzene rings is 2. The molecule has 0 fully saturated rings. The van der Waals surface area contributed by atoms with E-state index in [1.54, 1.807) is 13.3 Å². The topological polar surface area (TPSA) is 71.1 Å². The largest absolute Gasteiger partial charge is 0.475 e. The van der Waals surface area contributed by atoms with Crippen LogP contribution in [0.2, 0.25) is 0 Å². The highest BCUT2D eigenvalue weighted by atomic mass is 31.2. The van der Waals surface area contributed by atoms with Crippen LogP contribution in [0.25, 0.3) is 0 Å². The zero-order chi connectivity index (χ0) is 19.5. The smallest absolute Gasteiger partial charge is 0.332 e. The van der Waals surface area contributed by atoms with E-state index < -0.39 is 15.2 Å². The van der Waals surface area contributed by atoms with Crippen molar-refractivity contribution in [1.29, 1.82) is 0 Å². The maximum Gasteiger partial charge on any atom is 0.475 e. The van der Waals surface area contributed by atoms with E-state index >= 15 is 0 Å². The fraction of sp³-hybridized carbons (Fsp3) is 0.333. The molecule has 2 rings (SSSR count). The lowest BCUT2D eigenvalue weighted by atomic mass is 10.2. The molecule has 26 heavy (non-hydrogen) atoms. The van der Waals surface area contributed by atoms with Gasteiger partial charge in [-0.05, 0) is 11.1 Å². The second-order valence-corrected chi connectivity index (χ2v) is 10.2. The van der Waals surface area contributed by atoms with Crippen LogP contribution >= 0.6 is 15.2 Å². The molecule has 0 amide bonds. The van der Waals surface area contributed by atoms with Crippen molar-refractivity contribution in [3.05, 3.63) is 71.8 Å². The Morgan fingerprint density at radius 1 is 0.692 bits per heavy atom. The average molecular weight is 400 g/mol. The summed E-state index contributed by atoms with van der Waals surface area (Å²) < 4.78 is 42.6.